The first kappa shape index (κ1) is 14.1. The summed E-state index contributed by atoms with van der Waals surface area (Å²) >= 11 is 0. The van der Waals surface area contributed by atoms with Crippen molar-refractivity contribution in [2.24, 2.45) is 7.05 Å². The molecule has 106 valence electrons. The Kier molecular flexibility index (Phi) is 4.37. The van der Waals surface area contributed by atoms with Crippen LogP contribution >= 0.6 is 0 Å². The van der Waals surface area contributed by atoms with Gasteiger partial charge in [-0.3, -0.25) is 9.59 Å². The van der Waals surface area contributed by atoms with E-state index in [1.54, 1.807) is 25.4 Å². The standard InChI is InChI=1S/C14H16N2O4/c1-16-7-2-3-11(14(16)19)13(18)15-6-4-12(17)10-5-8-20-9-10/h2-3,5,7-9,12,17H,4,6H2,1H3,(H,15,18)/t12-/m1/s1. The van der Waals surface area contributed by atoms with E-state index in [1.165, 1.54) is 23.2 Å². The largest absolute Gasteiger partial charge is 0.472 e. The van der Waals surface area contributed by atoms with Gasteiger partial charge in [-0.1, -0.05) is 0 Å². The van der Waals surface area contributed by atoms with Gasteiger partial charge in [-0.25, -0.2) is 0 Å². The van der Waals surface area contributed by atoms with Crippen LogP contribution in [0.3, 0.4) is 0 Å². The molecule has 0 saturated carbocycles. The summed E-state index contributed by atoms with van der Waals surface area (Å²) in [7, 11) is 1.59. The second-order valence-electron chi connectivity index (χ2n) is 4.45. The van der Waals surface area contributed by atoms with E-state index in [1.807, 2.05) is 0 Å². The predicted molar refractivity (Wildman–Crippen MR) is 72.3 cm³/mol. The van der Waals surface area contributed by atoms with Crippen molar-refractivity contribution in [3.63, 3.8) is 0 Å². The van der Waals surface area contributed by atoms with Crippen LogP contribution in [0.2, 0.25) is 0 Å². The molecule has 2 aromatic heterocycles. The smallest absolute Gasteiger partial charge is 0.263 e. The number of aromatic nitrogens is 1. The average Bonchev–Trinajstić information content (AvgIpc) is 2.95. The van der Waals surface area contributed by atoms with Gasteiger partial charge in [0, 0.05) is 25.4 Å². The highest BCUT2D eigenvalue weighted by Gasteiger charge is 2.12. The highest BCUT2D eigenvalue weighted by Crippen LogP contribution is 2.15. The van der Waals surface area contributed by atoms with Crippen molar-refractivity contribution in [1.82, 2.24) is 9.88 Å². The van der Waals surface area contributed by atoms with Gasteiger partial charge < -0.3 is 19.4 Å². The zero-order valence-electron chi connectivity index (χ0n) is 11.1. The second-order valence-corrected chi connectivity index (χ2v) is 4.45. The third-order valence-corrected chi connectivity index (χ3v) is 3.00. The van der Waals surface area contributed by atoms with Crippen LogP contribution in [0.5, 0.6) is 0 Å². The Bertz CT molecular complexity index is 631. The number of pyridine rings is 1. The van der Waals surface area contributed by atoms with E-state index in [-0.39, 0.29) is 17.7 Å². The maximum absolute atomic E-state index is 11.9. The fraction of sp³-hybridized carbons (Fsp3) is 0.286. The van der Waals surface area contributed by atoms with Gasteiger partial charge in [-0.2, -0.15) is 0 Å². The SMILES string of the molecule is Cn1cccc(C(=O)NCC[C@@H](O)c2ccoc2)c1=O. The molecule has 6 heteroatoms. The number of nitrogens with zero attached hydrogens (tertiary/aromatic N) is 1. The number of aliphatic hydroxyl groups excluding tert-OH is 1. The van der Waals surface area contributed by atoms with Crippen molar-refractivity contribution in [1.29, 1.82) is 0 Å². The van der Waals surface area contributed by atoms with Crippen LogP contribution in [0.4, 0.5) is 0 Å². The number of aliphatic hydroxyl groups is 1. The predicted octanol–water partition coefficient (Wildman–Crippen LogP) is 0.832. The van der Waals surface area contributed by atoms with Crippen LogP contribution in [-0.4, -0.2) is 22.1 Å². The van der Waals surface area contributed by atoms with E-state index in [9.17, 15) is 14.7 Å². The first-order valence-electron chi connectivity index (χ1n) is 6.23. The third kappa shape index (κ3) is 3.16. The van der Waals surface area contributed by atoms with Gasteiger partial charge in [0.05, 0.1) is 18.6 Å². The lowest BCUT2D eigenvalue weighted by Crippen LogP contribution is -2.32. The fourth-order valence-electron chi connectivity index (χ4n) is 1.82. The molecule has 0 aliphatic heterocycles. The maximum atomic E-state index is 11.9. The number of carbonyl (C=O) groups excluding carboxylic acids is 1. The van der Waals surface area contributed by atoms with Gasteiger partial charge in [0.15, 0.2) is 0 Å². The van der Waals surface area contributed by atoms with Crippen molar-refractivity contribution >= 4 is 5.91 Å². The number of aryl methyl sites for hydroxylation is 1. The topological polar surface area (TPSA) is 84.5 Å². The molecule has 0 aliphatic carbocycles. The third-order valence-electron chi connectivity index (χ3n) is 3.00. The van der Waals surface area contributed by atoms with Gasteiger partial charge >= 0.3 is 0 Å². The number of hydrogen-bond donors (Lipinski definition) is 2. The van der Waals surface area contributed by atoms with Crippen molar-refractivity contribution < 1.29 is 14.3 Å². The zero-order chi connectivity index (χ0) is 14.5. The molecule has 1 amide bonds. The Balaban J connectivity index is 1.90. The Labute approximate surface area is 115 Å². The van der Waals surface area contributed by atoms with Crippen LogP contribution in [0.15, 0.2) is 46.1 Å². The molecule has 0 aliphatic rings. The van der Waals surface area contributed by atoms with Gasteiger partial charge in [0.1, 0.15) is 5.56 Å². The molecule has 0 bridgehead atoms. The lowest BCUT2D eigenvalue weighted by Gasteiger charge is -2.09. The Morgan fingerprint density at radius 2 is 2.30 bits per heavy atom. The first-order valence-corrected chi connectivity index (χ1v) is 6.23. The highest BCUT2D eigenvalue weighted by atomic mass is 16.3. The molecule has 0 radical (unpaired) electrons. The summed E-state index contributed by atoms with van der Waals surface area (Å²) in [5.41, 5.74) is 0.406. The van der Waals surface area contributed by atoms with Crippen molar-refractivity contribution in [2.45, 2.75) is 12.5 Å². The summed E-state index contributed by atoms with van der Waals surface area (Å²) in [6.45, 7) is 0.267. The van der Waals surface area contributed by atoms with Crippen LogP contribution in [0, 0.1) is 0 Å². The molecule has 20 heavy (non-hydrogen) atoms. The number of hydrogen-bond acceptors (Lipinski definition) is 4. The molecular weight excluding hydrogens is 260 g/mol. The summed E-state index contributed by atoms with van der Waals surface area (Å²) in [5.74, 6) is -0.439. The molecule has 0 fully saturated rings. The van der Waals surface area contributed by atoms with Crippen LogP contribution in [-0.2, 0) is 7.05 Å². The summed E-state index contributed by atoms with van der Waals surface area (Å²) in [6, 6.07) is 4.78. The number of carbonyl (C=O) groups is 1. The van der Waals surface area contributed by atoms with Gasteiger partial charge in [0.2, 0.25) is 0 Å². The second kappa shape index (κ2) is 6.21. The van der Waals surface area contributed by atoms with E-state index >= 15 is 0 Å². The minimum absolute atomic E-state index is 0.0906. The summed E-state index contributed by atoms with van der Waals surface area (Å²) in [6.07, 6.45) is 4.16. The van der Waals surface area contributed by atoms with Crippen molar-refractivity contribution in [2.75, 3.05) is 6.54 Å². The molecule has 2 rings (SSSR count). The lowest BCUT2D eigenvalue weighted by molar-refractivity contribution is 0.0940. The molecule has 1 atom stereocenters. The summed E-state index contributed by atoms with van der Waals surface area (Å²) in [5, 5.41) is 12.4. The average molecular weight is 276 g/mol. The molecule has 2 N–H and O–H groups in total. The quantitative estimate of drug-likeness (QED) is 0.847. The summed E-state index contributed by atoms with van der Waals surface area (Å²) in [4.78, 5) is 23.6. The molecule has 0 unspecified atom stereocenters. The highest BCUT2D eigenvalue weighted by molar-refractivity contribution is 5.93. The van der Waals surface area contributed by atoms with Crippen LogP contribution < -0.4 is 10.9 Å². The normalized spacial score (nSPS) is 12.1. The van der Waals surface area contributed by atoms with E-state index in [4.69, 9.17) is 4.42 Å². The Morgan fingerprint density at radius 3 is 3.00 bits per heavy atom. The minimum Gasteiger partial charge on any atom is -0.472 e. The monoisotopic (exact) mass is 276 g/mol. The number of nitrogens with one attached hydrogen (secondary N) is 1. The number of rotatable bonds is 5. The first-order chi connectivity index (χ1) is 9.59. The van der Waals surface area contributed by atoms with Crippen molar-refractivity contribution in [3.8, 4) is 0 Å². The Hall–Kier alpha value is -2.34. The molecule has 0 aromatic carbocycles. The van der Waals surface area contributed by atoms with Gasteiger partial charge in [-0.15, -0.1) is 0 Å². The minimum atomic E-state index is -0.701. The molecule has 2 aromatic rings. The number of amides is 1. The van der Waals surface area contributed by atoms with E-state index in [2.05, 4.69) is 5.32 Å². The van der Waals surface area contributed by atoms with Crippen molar-refractivity contribution in [3.05, 3.63) is 58.4 Å². The lowest BCUT2D eigenvalue weighted by atomic mass is 10.1. The number of furan rings is 1. The molecule has 0 spiro atoms. The molecule has 2 heterocycles. The van der Waals surface area contributed by atoms with E-state index in [0.717, 1.165) is 0 Å². The Morgan fingerprint density at radius 1 is 1.50 bits per heavy atom. The maximum Gasteiger partial charge on any atom is 0.263 e. The van der Waals surface area contributed by atoms with Crippen LogP contribution in [0.1, 0.15) is 28.4 Å². The van der Waals surface area contributed by atoms with Gasteiger partial charge in [-0.05, 0) is 24.6 Å². The fourth-order valence-corrected chi connectivity index (χ4v) is 1.82. The van der Waals surface area contributed by atoms with Gasteiger partial charge in [0.25, 0.3) is 11.5 Å². The van der Waals surface area contributed by atoms with Crippen LogP contribution in [0.25, 0.3) is 0 Å². The molecular formula is C14H16N2O4. The molecule has 0 saturated heterocycles. The van der Waals surface area contributed by atoms with E-state index < -0.39 is 12.0 Å². The van der Waals surface area contributed by atoms with E-state index in [0.29, 0.717) is 12.0 Å². The summed E-state index contributed by atoms with van der Waals surface area (Å²) < 4.78 is 6.21. The molecule has 6 nitrogen and oxygen atoms in total. The zero-order valence-corrected chi connectivity index (χ0v) is 11.1.